The van der Waals surface area contributed by atoms with Crippen LogP contribution in [0.4, 0.5) is 5.82 Å². The highest BCUT2D eigenvalue weighted by Gasteiger charge is 2.46. The number of nitrogen functional groups attached to an aromatic ring is 1. The van der Waals surface area contributed by atoms with Gasteiger partial charge in [-0.2, -0.15) is 0 Å². The maximum absolute atomic E-state index is 11.7. The van der Waals surface area contributed by atoms with Gasteiger partial charge in [0.1, 0.15) is 42.4 Å². The molecule has 2 aromatic heterocycles. The summed E-state index contributed by atoms with van der Waals surface area (Å²) in [6, 6.07) is 0. The standard InChI is InChI=1S/C11H17N5O9P2.C5H10O5/c1-26(19,20)25-27(21,22)4-23-11-7(18)6(17)10(24-11)16-3-15-5-8(12)13-2-14-9(5)16;6-1-2-3(7)4(8)5(9)10-2/h2-3,6-7,10-11,17-18H,4H2,1H3,(H,19,20)(H,21,22)(H2,12,13,14);2-9H,1H2/t6-,7+,10-,11?;2-,3-,4-,5?/m11/s1. The molecule has 37 heavy (non-hydrogen) atoms. The highest BCUT2D eigenvalue weighted by Crippen LogP contribution is 2.57. The Labute approximate surface area is 207 Å². The molecule has 2 aliphatic heterocycles. The van der Waals surface area contributed by atoms with Gasteiger partial charge in [-0.3, -0.25) is 13.7 Å². The molecule has 2 aromatic rings. The van der Waals surface area contributed by atoms with E-state index in [1.54, 1.807) is 0 Å². The summed E-state index contributed by atoms with van der Waals surface area (Å²) in [5.41, 5.74) is 6.16. The number of hydrogen-bond acceptors (Lipinski definition) is 16. The fourth-order valence-corrected chi connectivity index (χ4v) is 5.78. The molecule has 19 nitrogen and oxygen atoms in total. The maximum Gasteiger partial charge on any atom is 0.360 e. The van der Waals surface area contributed by atoms with E-state index in [1.165, 1.54) is 17.2 Å². The van der Waals surface area contributed by atoms with Crippen molar-refractivity contribution in [1.29, 1.82) is 0 Å². The van der Waals surface area contributed by atoms with E-state index in [0.717, 1.165) is 6.66 Å². The van der Waals surface area contributed by atoms with Crippen molar-refractivity contribution in [2.24, 2.45) is 0 Å². The van der Waals surface area contributed by atoms with Gasteiger partial charge in [0.05, 0.1) is 12.9 Å². The van der Waals surface area contributed by atoms with Crippen molar-refractivity contribution in [3.05, 3.63) is 12.7 Å². The van der Waals surface area contributed by atoms with E-state index < -0.39 is 77.5 Å². The lowest BCUT2D eigenvalue weighted by Crippen LogP contribution is -2.33. The van der Waals surface area contributed by atoms with Crippen LogP contribution >= 0.6 is 15.2 Å². The number of ether oxygens (including phenoxy) is 3. The summed E-state index contributed by atoms with van der Waals surface area (Å²) in [6.45, 7) is 0.323. The van der Waals surface area contributed by atoms with Gasteiger partial charge in [0, 0.05) is 6.66 Å². The fraction of sp³-hybridized carbons (Fsp3) is 0.688. The van der Waals surface area contributed by atoms with E-state index in [4.69, 9.17) is 40.5 Å². The maximum atomic E-state index is 11.7. The zero-order valence-corrected chi connectivity index (χ0v) is 20.8. The van der Waals surface area contributed by atoms with Gasteiger partial charge in [0.25, 0.3) is 0 Å². The molecule has 4 unspecified atom stereocenters. The molecule has 21 heteroatoms. The summed E-state index contributed by atoms with van der Waals surface area (Å²) in [7, 11) is -8.85. The van der Waals surface area contributed by atoms with Gasteiger partial charge in [0.2, 0.25) is 0 Å². The molecule has 10 N–H and O–H groups in total. The Kier molecular flexibility index (Phi) is 9.37. The Morgan fingerprint density at radius 3 is 2.24 bits per heavy atom. The van der Waals surface area contributed by atoms with Crippen molar-refractivity contribution in [3.8, 4) is 0 Å². The van der Waals surface area contributed by atoms with Gasteiger partial charge in [0.15, 0.2) is 36.6 Å². The normalized spacial score (nSPS) is 35.1. The van der Waals surface area contributed by atoms with Gasteiger partial charge >= 0.3 is 15.2 Å². The van der Waals surface area contributed by atoms with Crippen LogP contribution in [0.5, 0.6) is 0 Å². The number of anilines is 1. The average Bonchev–Trinajstić information content (AvgIpc) is 3.43. The Bertz CT molecular complexity index is 1160. The summed E-state index contributed by atoms with van der Waals surface area (Å²) in [5.74, 6) is 0.103. The molecule has 2 fully saturated rings. The zero-order chi connectivity index (χ0) is 27.7. The largest absolute Gasteiger partial charge is 0.394 e. The number of imidazole rings is 1. The summed E-state index contributed by atoms with van der Waals surface area (Å²) in [6.07, 6.45) is -9.19. The van der Waals surface area contributed by atoms with Crippen LogP contribution in [0.3, 0.4) is 0 Å². The molecule has 0 aliphatic carbocycles. The summed E-state index contributed by atoms with van der Waals surface area (Å²) in [5, 5.41) is 55.2. The molecule has 0 amide bonds. The zero-order valence-electron chi connectivity index (χ0n) is 19.0. The van der Waals surface area contributed by atoms with Crippen LogP contribution in [0.25, 0.3) is 11.2 Å². The highest BCUT2D eigenvalue weighted by atomic mass is 31.3. The second-order valence-corrected chi connectivity index (χ2v) is 11.8. The van der Waals surface area contributed by atoms with Crippen LogP contribution in [0.1, 0.15) is 6.23 Å². The topological polar surface area (TPSA) is 303 Å². The Balaban J connectivity index is 0.000000319. The summed E-state index contributed by atoms with van der Waals surface area (Å²) >= 11 is 0. The van der Waals surface area contributed by atoms with Gasteiger partial charge in [-0.1, -0.05) is 0 Å². The molecule has 4 rings (SSSR count). The van der Waals surface area contributed by atoms with Crippen molar-refractivity contribution in [2.45, 2.75) is 49.3 Å². The first kappa shape index (κ1) is 29.9. The van der Waals surface area contributed by atoms with E-state index in [0.29, 0.717) is 0 Å². The van der Waals surface area contributed by atoms with Gasteiger partial charge in [-0.05, 0) is 0 Å². The molecule has 0 aromatic carbocycles. The van der Waals surface area contributed by atoms with E-state index in [2.05, 4.69) is 24.0 Å². The van der Waals surface area contributed by atoms with Crippen molar-refractivity contribution in [1.82, 2.24) is 19.5 Å². The Morgan fingerprint density at radius 1 is 1.03 bits per heavy atom. The third kappa shape index (κ3) is 7.05. The Morgan fingerprint density at radius 2 is 1.70 bits per heavy atom. The predicted octanol–water partition coefficient (Wildman–Crippen LogP) is -3.61. The van der Waals surface area contributed by atoms with Crippen LogP contribution in [0, 0.1) is 0 Å². The first-order valence-electron chi connectivity index (χ1n) is 10.4. The third-order valence-corrected chi connectivity index (χ3v) is 7.76. The van der Waals surface area contributed by atoms with Gasteiger partial charge in [-0.25, -0.2) is 19.3 Å². The molecular weight excluding hydrogens is 548 g/mol. The first-order valence-corrected chi connectivity index (χ1v) is 14.1. The minimum Gasteiger partial charge on any atom is -0.394 e. The lowest BCUT2D eigenvalue weighted by atomic mass is 10.1. The number of aromatic nitrogens is 4. The van der Waals surface area contributed by atoms with Crippen LogP contribution in [-0.2, 0) is 27.7 Å². The first-order chi connectivity index (χ1) is 17.1. The van der Waals surface area contributed by atoms with Crippen molar-refractivity contribution >= 4 is 32.2 Å². The number of fused-ring (bicyclic) bond motifs is 1. The number of aliphatic hydroxyl groups excluding tert-OH is 6. The fourth-order valence-electron chi connectivity index (χ4n) is 3.36. The number of nitrogens with two attached hydrogens (primary N) is 1. The molecule has 0 radical (unpaired) electrons. The molecular formula is C16H27N5O14P2. The second kappa shape index (κ2) is 11.6. The highest BCUT2D eigenvalue weighted by molar-refractivity contribution is 7.65. The average molecular weight is 575 g/mol. The number of aliphatic hydroxyl groups is 6. The minimum atomic E-state index is -4.60. The van der Waals surface area contributed by atoms with E-state index in [9.17, 15) is 24.2 Å². The Hall–Kier alpha value is -1.67. The number of hydrogen-bond donors (Lipinski definition) is 9. The van der Waals surface area contributed by atoms with Crippen LogP contribution in [0.2, 0.25) is 0 Å². The lowest BCUT2D eigenvalue weighted by molar-refractivity contribution is -0.167. The molecule has 4 heterocycles. The minimum absolute atomic E-state index is 0.103. The van der Waals surface area contributed by atoms with E-state index in [1.807, 2.05) is 0 Å². The van der Waals surface area contributed by atoms with Crippen molar-refractivity contribution < 1.29 is 68.1 Å². The second-order valence-electron chi connectivity index (χ2n) is 8.01. The van der Waals surface area contributed by atoms with Gasteiger partial charge < -0.3 is 60.4 Å². The third-order valence-electron chi connectivity index (χ3n) is 5.05. The number of rotatable bonds is 7. The SMILES string of the molecule is CP(=O)(O)OP(=O)(O)COC1O[C@@H](n2cnc3c(N)ncnc32)[C@H](O)[C@@H]1O.OC[C@H]1OC(O)[C@H](O)[C@@H]1O. The van der Waals surface area contributed by atoms with Crippen molar-refractivity contribution in [2.75, 3.05) is 25.4 Å². The molecule has 0 spiro atoms. The van der Waals surface area contributed by atoms with E-state index >= 15 is 0 Å². The van der Waals surface area contributed by atoms with E-state index in [-0.39, 0.29) is 17.0 Å². The molecule has 2 aliphatic rings. The van der Waals surface area contributed by atoms with Crippen molar-refractivity contribution in [3.63, 3.8) is 0 Å². The summed E-state index contributed by atoms with van der Waals surface area (Å²) in [4.78, 5) is 30.3. The number of nitrogens with zero attached hydrogens (tertiary/aromatic N) is 4. The predicted molar refractivity (Wildman–Crippen MR) is 118 cm³/mol. The smallest absolute Gasteiger partial charge is 0.360 e. The molecule has 0 saturated carbocycles. The van der Waals surface area contributed by atoms with Crippen LogP contribution in [0.15, 0.2) is 12.7 Å². The molecule has 2 saturated heterocycles. The lowest BCUT2D eigenvalue weighted by Gasteiger charge is -2.18. The summed E-state index contributed by atoms with van der Waals surface area (Å²) < 4.78 is 43.2. The monoisotopic (exact) mass is 575 g/mol. The van der Waals surface area contributed by atoms with Crippen LogP contribution in [-0.4, -0.2) is 123 Å². The molecule has 0 bridgehead atoms. The molecule has 10 atom stereocenters. The molecule has 210 valence electrons. The quantitative estimate of drug-likeness (QED) is 0.144. The van der Waals surface area contributed by atoms with Gasteiger partial charge in [-0.15, -0.1) is 0 Å². The van der Waals surface area contributed by atoms with Crippen LogP contribution < -0.4 is 5.73 Å².